The molecule has 0 aromatic heterocycles. The lowest BCUT2D eigenvalue weighted by Gasteiger charge is -2.22. The summed E-state index contributed by atoms with van der Waals surface area (Å²) in [5, 5.41) is 3.74. The maximum atomic E-state index is 13.3. The van der Waals surface area contributed by atoms with Gasteiger partial charge in [0.15, 0.2) is 0 Å². The number of sulfonamides is 1. The summed E-state index contributed by atoms with van der Waals surface area (Å²) in [6.45, 7) is 1.72. The predicted molar refractivity (Wildman–Crippen MR) is 125 cm³/mol. The van der Waals surface area contributed by atoms with Gasteiger partial charge in [0.25, 0.3) is 0 Å². The number of hydrogen-bond acceptors (Lipinski definition) is 3. The van der Waals surface area contributed by atoms with Crippen molar-refractivity contribution in [2.24, 2.45) is 0 Å². The molecule has 0 unspecified atom stereocenters. The summed E-state index contributed by atoms with van der Waals surface area (Å²) in [5.41, 5.74) is 2.47. The van der Waals surface area contributed by atoms with Gasteiger partial charge in [-0.2, -0.15) is 4.31 Å². The summed E-state index contributed by atoms with van der Waals surface area (Å²) < 4.78 is 27.7. The monoisotopic (exact) mass is 476 g/mol. The highest BCUT2D eigenvalue weighted by Crippen LogP contribution is 2.21. The highest BCUT2D eigenvalue weighted by atomic mass is 35.5. The van der Waals surface area contributed by atoms with Crippen LogP contribution < -0.4 is 5.32 Å². The lowest BCUT2D eigenvalue weighted by atomic mass is 10.1. The van der Waals surface area contributed by atoms with Crippen LogP contribution in [0.3, 0.4) is 0 Å². The number of aryl methyl sites for hydroxylation is 1. The van der Waals surface area contributed by atoms with E-state index in [9.17, 15) is 13.2 Å². The largest absolute Gasteiger partial charge is 0.325 e. The third-order valence-electron chi connectivity index (χ3n) is 4.69. The Morgan fingerprint density at radius 2 is 1.35 bits per heavy atom. The van der Waals surface area contributed by atoms with Crippen LogP contribution >= 0.6 is 23.2 Å². The van der Waals surface area contributed by atoms with Crippen LogP contribution in [0.4, 0.5) is 5.69 Å². The average Bonchev–Trinajstić information content (AvgIpc) is 2.75. The lowest BCUT2D eigenvalue weighted by Crippen LogP contribution is -2.37. The Kier molecular flexibility index (Phi) is 7.73. The molecular weight excluding hydrogens is 455 g/mol. The van der Waals surface area contributed by atoms with Crippen molar-refractivity contribution in [2.45, 2.75) is 24.8 Å². The summed E-state index contributed by atoms with van der Waals surface area (Å²) in [6.07, 6.45) is 0.891. The van der Waals surface area contributed by atoms with E-state index in [1.807, 2.05) is 19.1 Å². The Balaban J connectivity index is 1.84. The fourth-order valence-corrected chi connectivity index (χ4v) is 4.60. The van der Waals surface area contributed by atoms with Crippen LogP contribution in [0.2, 0.25) is 10.0 Å². The Morgan fingerprint density at radius 3 is 1.90 bits per heavy atom. The SMILES string of the molecule is CCc1ccc(NC(=O)CN(Cc2ccc(Cl)cc2)S(=O)(=O)c2ccc(Cl)cc2)cc1. The quantitative estimate of drug-likeness (QED) is 0.474. The van der Waals surface area contributed by atoms with Crippen LogP contribution in [0, 0.1) is 0 Å². The van der Waals surface area contributed by atoms with E-state index in [0.29, 0.717) is 21.3 Å². The Labute approximate surface area is 192 Å². The molecule has 3 rings (SSSR count). The number of carbonyl (C=O) groups excluding carboxylic acids is 1. The molecule has 0 bridgehead atoms. The molecule has 3 aromatic carbocycles. The molecule has 0 saturated heterocycles. The smallest absolute Gasteiger partial charge is 0.243 e. The van der Waals surface area contributed by atoms with Crippen molar-refractivity contribution >= 4 is 44.8 Å². The van der Waals surface area contributed by atoms with Gasteiger partial charge in [-0.1, -0.05) is 54.4 Å². The molecule has 0 atom stereocenters. The third kappa shape index (κ3) is 6.31. The zero-order valence-corrected chi connectivity index (χ0v) is 19.2. The van der Waals surface area contributed by atoms with Gasteiger partial charge in [-0.3, -0.25) is 4.79 Å². The minimum Gasteiger partial charge on any atom is -0.325 e. The van der Waals surface area contributed by atoms with E-state index < -0.39 is 15.9 Å². The molecule has 0 saturated carbocycles. The standard InChI is InChI=1S/C23H22Cl2N2O3S/c1-2-17-5-11-21(12-6-17)26-23(28)16-27(15-18-3-7-19(24)8-4-18)31(29,30)22-13-9-20(25)10-14-22/h3-14H,2,15-16H2,1H3,(H,26,28). The zero-order valence-electron chi connectivity index (χ0n) is 16.9. The van der Waals surface area contributed by atoms with Crippen molar-refractivity contribution in [3.63, 3.8) is 0 Å². The first kappa shape index (κ1) is 23.3. The molecule has 31 heavy (non-hydrogen) atoms. The van der Waals surface area contributed by atoms with E-state index in [1.54, 1.807) is 36.4 Å². The minimum atomic E-state index is -3.94. The molecule has 0 spiro atoms. The van der Waals surface area contributed by atoms with Crippen LogP contribution in [0.15, 0.2) is 77.7 Å². The van der Waals surface area contributed by atoms with Gasteiger partial charge in [-0.05, 0) is 66.1 Å². The molecule has 3 aromatic rings. The van der Waals surface area contributed by atoms with Crippen LogP contribution in [0.5, 0.6) is 0 Å². The van der Waals surface area contributed by atoms with Crippen LogP contribution in [-0.2, 0) is 27.8 Å². The van der Waals surface area contributed by atoms with E-state index in [1.165, 1.54) is 24.3 Å². The first-order valence-corrected chi connectivity index (χ1v) is 11.9. The number of amides is 1. The van der Waals surface area contributed by atoms with Gasteiger partial charge >= 0.3 is 0 Å². The second-order valence-corrected chi connectivity index (χ2v) is 9.76. The van der Waals surface area contributed by atoms with Crippen molar-refractivity contribution < 1.29 is 13.2 Å². The number of halogens is 2. The van der Waals surface area contributed by atoms with Gasteiger partial charge in [0.05, 0.1) is 11.4 Å². The Hall–Kier alpha value is -2.38. The number of nitrogens with one attached hydrogen (secondary N) is 1. The molecule has 0 heterocycles. The van der Waals surface area contributed by atoms with E-state index in [-0.39, 0.29) is 18.0 Å². The maximum Gasteiger partial charge on any atom is 0.243 e. The molecule has 0 aliphatic rings. The molecule has 0 radical (unpaired) electrons. The number of nitrogens with zero attached hydrogens (tertiary/aromatic N) is 1. The number of carbonyl (C=O) groups is 1. The van der Waals surface area contributed by atoms with Gasteiger partial charge in [0.2, 0.25) is 15.9 Å². The number of rotatable bonds is 8. The normalized spacial score (nSPS) is 11.5. The molecule has 5 nitrogen and oxygen atoms in total. The maximum absolute atomic E-state index is 13.3. The molecule has 162 valence electrons. The number of anilines is 1. The number of hydrogen-bond donors (Lipinski definition) is 1. The Bertz CT molecular complexity index is 1130. The van der Waals surface area contributed by atoms with Gasteiger partial charge in [-0.25, -0.2) is 8.42 Å². The molecule has 8 heteroatoms. The molecule has 0 aliphatic heterocycles. The Morgan fingerprint density at radius 1 is 0.839 bits per heavy atom. The minimum absolute atomic E-state index is 0.0182. The zero-order chi connectivity index (χ0) is 22.4. The number of benzene rings is 3. The predicted octanol–water partition coefficient (Wildman–Crippen LogP) is 5.39. The van der Waals surface area contributed by atoms with Crippen molar-refractivity contribution in [3.05, 3.63) is 94.0 Å². The highest BCUT2D eigenvalue weighted by molar-refractivity contribution is 7.89. The summed E-state index contributed by atoms with van der Waals surface area (Å²) in [7, 11) is -3.94. The molecular formula is C23H22Cl2N2O3S. The van der Waals surface area contributed by atoms with Crippen LogP contribution in [0.25, 0.3) is 0 Å². The van der Waals surface area contributed by atoms with E-state index in [2.05, 4.69) is 5.32 Å². The van der Waals surface area contributed by atoms with Gasteiger partial charge in [-0.15, -0.1) is 0 Å². The van der Waals surface area contributed by atoms with Crippen molar-refractivity contribution in [2.75, 3.05) is 11.9 Å². The lowest BCUT2D eigenvalue weighted by molar-refractivity contribution is -0.116. The van der Waals surface area contributed by atoms with Crippen molar-refractivity contribution in [1.29, 1.82) is 0 Å². The van der Waals surface area contributed by atoms with Crippen LogP contribution in [-0.4, -0.2) is 25.2 Å². The fourth-order valence-electron chi connectivity index (χ4n) is 2.96. The molecule has 0 fully saturated rings. The van der Waals surface area contributed by atoms with Gasteiger partial charge < -0.3 is 5.32 Å². The van der Waals surface area contributed by atoms with E-state index in [4.69, 9.17) is 23.2 Å². The highest BCUT2D eigenvalue weighted by Gasteiger charge is 2.27. The second kappa shape index (κ2) is 10.3. The summed E-state index contributed by atoms with van der Waals surface area (Å²) in [4.78, 5) is 12.8. The van der Waals surface area contributed by atoms with Crippen molar-refractivity contribution in [1.82, 2.24) is 4.31 Å². The molecule has 1 N–H and O–H groups in total. The average molecular weight is 477 g/mol. The first-order chi connectivity index (χ1) is 14.8. The van der Waals surface area contributed by atoms with E-state index in [0.717, 1.165) is 16.3 Å². The van der Waals surface area contributed by atoms with Gasteiger partial charge in [0, 0.05) is 22.3 Å². The van der Waals surface area contributed by atoms with Crippen molar-refractivity contribution in [3.8, 4) is 0 Å². The molecule has 0 aliphatic carbocycles. The summed E-state index contributed by atoms with van der Waals surface area (Å²) >= 11 is 11.8. The van der Waals surface area contributed by atoms with E-state index >= 15 is 0 Å². The van der Waals surface area contributed by atoms with Gasteiger partial charge in [0.1, 0.15) is 0 Å². The summed E-state index contributed by atoms with van der Waals surface area (Å²) in [5.74, 6) is -0.434. The summed E-state index contributed by atoms with van der Waals surface area (Å²) in [6, 6.07) is 20.1. The van der Waals surface area contributed by atoms with Crippen LogP contribution in [0.1, 0.15) is 18.1 Å². The fraction of sp³-hybridized carbons (Fsp3) is 0.174. The molecule has 1 amide bonds. The first-order valence-electron chi connectivity index (χ1n) is 9.67. The topological polar surface area (TPSA) is 66.5 Å². The second-order valence-electron chi connectivity index (χ2n) is 6.95. The third-order valence-corrected chi connectivity index (χ3v) is 7.00.